The van der Waals surface area contributed by atoms with E-state index in [2.05, 4.69) is 4.98 Å². The van der Waals surface area contributed by atoms with Crippen LogP contribution in [0.3, 0.4) is 0 Å². The molecule has 1 aromatic rings. The molecular weight excluding hydrogens is 266 g/mol. The van der Waals surface area contributed by atoms with Crippen molar-refractivity contribution >= 4 is 28.3 Å². The molecule has 19 heavy (non-hydrogen) atoms. The van der Waals surface area contributed by atoms with Gasteiger partial charge < -0.3 is 14.5 Å². The minimum Gasteiger partial charge on any atom is -0.464 e. The van der Waals surface area contributed by atoms with Crippen molar-refractivity contribution in [1.29, 1.82) is 0 Å². The molecule has 0 N–H and O–H groups in total. The highest BCUT2D eigenvalue weighted by atomic mass is 32.1. The third-order valence-corrected chi connectivity index (χ3v) is 4.14. The fourth-order valence-electron chi connectivity index (χ4n) is 1.95. The fourth-order valence-corrected chi connectivity index (χ4v) is 2.87. The smallest absolute Gasteiger partial charge is 0.357 e. The second-order valence-corrected chi connectivity index (χ2v) is 5.66. The van der Waals surface area contributed by atoms with E-state index in [0.29, 0.717) is 17.4 Å². The Bertz CT molecular complexity index is 500. The topological polar surface area (TPSA) is 62.7 Å². The average molecular weight is 283 g/mol. The lowest BCUT2D eigenvalue weighted by atomic mass is 10.4. The SMILES string of the molecule is COC(=O)c1nc(N2CCCN(C)C(=O)C2)sc1C. The number of carbonyl (C=O) groups excluding carboxylic acids is 2. The predicted octanol–water partition coefficient (Wildman–Crippen LogP) is 0.907. The quantitative estimate of drug-likeness (QED) is 0.755. The largest absolute Gasteiger partial charge is 0.464 e. The van der Waals surface area contributed by atoms with E-state index >= 15 is 0 Å². The third-order valence-electron chi connectivity index (χ3n) is 3.11. The van der Waals surface area contributed by atoms with Gasteiger partial charge in [-0.3, -0.25) is 4.79 Å². The monoisotopic (exact) mass is 283 g/mol. The molecule has 1 fully saturated rings. The highest BCUT2D eigenvalue weighted by molar-refractivity contribution is 7.15. The first-order valence-electron chi connectivity index (χ1n) is 6.07. The molecular formula is C12H17N3O3S. The van der Waals surface area contributed by atoms with Crippen LogP contribution in [-0.2, 0) is 9.53 Å². The van der Waals surface area contributed by atoms with Crippen molar-refractivity contribution in [2.75, 3.05) is 38.7 Å². The Morgan fingerprint density at radius 3 is 2.84 bits per heavy atom. The Labute approximate surface area is 116 Å². The molecule has 6 nitrogen and oxygen atoms in total. The number of aromatic nitrogens is 1. The Morgan fingerprint density at radius 2 is 2.16 bits per heavy atom. The van der Waals surface area contributed by atoms with Crippen molar-refractivity contribution in [3.05, 3.63) is 10.6 Å². The van der Waals surface area contributed by atoms with Crippen LogP contribution in [0.1, 0.15) is 21.8 Å². The number of likely N-dealkylation sites (N-methyl/N-ethyl adjacent to an activating group) is 1. The highest BCUT2D eigenvalue weighted by Crippen LogP contribution is 2.27. The van der Waals surface area contributed by atoms with Crippen molar-refractivity contribution in [2.45, 2.75) is 13.3 Å². The van der Waals surface area contributed by atoms with Gasteiger partial charge in [-0.1, -0.05) is 0 Å². The molecule has 1 aliphatic heterocycles. The molecule has 1 saturated heterocycles. The van der Waals surface area contributed by atoms with Crippen molar-refractivity contribution in [1.82, 2.24) is 9.88 Å². The zero-order chi connectivity index (χ0) is 14.0. The molecule has 1 aromatic heterocycles. The summed E-state index contributed by atoms with van der Waals surface area (Å²) in [4.78, 5) is 32.2. The molecule has 2 heterocycles. The number of nitrogens with zero attached hydrogens (tertiary/aromatic N) is 3. The van der Waals surface area contributed by atoms with Crippen LogP contribution < -0.4 is 4.90 Å². The second kappa shape index (κ2) is 5.56. The van der Waals surface area contributed by atoms with Gasteiger partial charge in [0.05, 0.1) is 13.7 Å². The van der Waals surface area contributed by atoms with Crippen LogP contribution >= 0.6 is 11.3 Å². The van der Waals surface area contributed by atoms with Crippen molar-refractivity contribution < 1.29 is 14.3 Å². The zero-order valence-electron chi connectivity index (χ0n) is 11.3. The van der Waals surface area contributed by atoms with Gasteiger partial charge in [0.2, 0.25) is 5.91 Å². The average Bonchev–Trinajstić information content (AvgIpc) is 2.69. The number of carbonyl (C=O) groups is 2. The van der Waals surface area contributed by atoms with Crippen LogP contribution in [0.25, 0.3) is 0 Å². The van der Waals surface area contributed by atoms with E-state index in [-0.39, 0.29) is 5.91 Å². The Morgan fingerprint density at radius 1 is 1.42 bits per heavy atom. The van der Waals surface area contributed by atoms with E-state index < -0.39 is 5.97 Å². The molecule has 104 valence electrons. The molecule has 7 heteroatoms. The van der Waals surface area contributed by atoms with Gasteiger partial charge in [-0.05, 0) is 13.3 Å². The third kappa shape index (κ3) is 2.86. The van der Waals surface area contributed by atoms with Crippen molar-refractivity contribution in [2.24, 2.45) is 0 Å². The number of aryl methyl sites for hydroxylation is 1. The Balaban J connectivity index is 2.22. The molecule has 0 bridgehead atoms. The van der Waals surface area contributed by atoms with E-state index in [4.69, 9.17) is 4.74 Å². The lowest BCUT2D eigenvalue weighted by Crippen LogP contribution is -2.34. The second-order valence-electron chi connectivity index (χ2n) is 4.48. The maximum atomic E-state index is 11.8. The summed E-state index contributed by atoms with van der Waals surface area (Å²) in [6.45, 7) is 3.66. The lowest BCUT2D eigenvalue weighted by molar-refractivity contribution is -0.127. The predicted molar refractivity (Wildman–Crippen MR) is 72.7 cm³/mol. The summed E-state index contributed by atoms with van der Waals surface area (Å²) in [5.41, 5.74) is 0.340. The summed E-state index contributed by atoms with van der Waals surface area (Å²) in [6.07, 6.45) is 0.897. The van der Waals surface area contributed by atoms with Crippen LogP contribution in [-0.4, -0.2) is 55.6 Å². The number of rotatable bonds is 2. The van der Waals surface area contributed by atoms with Gasteiger partial charge in [0, 0.05) is 25.0 Å². The van der Waals surface area contributed by atoms with Crippen LogP contribution in [0.5, 0.6) is 0 Å². The first-order valence-corrected chi connectivity index (χ1v) is 6.89. The van der Waals surface area contributed by atoms with Crippen LogP contribution in [0.15, 0.2) is 0 Å². The molecule has 0 unspecified atom stereocenters. The molecule has 0 saturated carbocycles. The van der Waals surface area contributed by atoms with E-state index in [1.807, 2.05) is 11.8 Å². The highest BCUT2D eigenvalue weighted by Gasteiger charge is 2.24. The number of anilines is 1. The Hall–Kier alpha value is -1.63. The summed E-state index contributed by atoms with van der Waals surface area (Å²) in [5.74, 6) is -0.358. The van der Waals surface area contributed by atoms with E-state index in [0.717, 1.165) is 24.4 Å². The molecule has 2 rings (SSSR count). The minimum absolute atomic E-state index is 0.0740. The van der Waals surface area contributed by atoms with E-state index in [1.54, 1.807) is 11.9 Å². The van der Waals surface area contributed by atoms with Gasteiger partial charge in [-0.2, -0.15) is 0 Å². The van der Waals surface area contributed by atoms with Gasteiger partial charge in [0.15, 0.2) is 10.8 Å². The lowest BCUT2D eigenvalue weighted by Gasteiger charge is -2.18. The van der Waals surface area contributed by atoms with E-state index in [1.165, 1.54) is 18.4 Å². The van der Waals surface area contributed by atoms with Gasteiger partial charge in [-0.25, -0.2) is 9.78 Å². The number of thiazole rings is 1. The Kier molecular flexibility index (Phi) is 4.04. The fraction of sp³-hybridized carbons (Fsp3) is 0.583. The summed E-state index contributed by atoms with van der Waals surface area (Å²) < 4.78 is 4.69. The molecule has 0 atom stereocenters. The summed E-state index contributed by atoms with van der Waals surface area (Å²) in [5, 5.41) is 0.710. The molecule has 0 spiro atoms. The first kappa shape index (κ1) is 13.8. The zero-order valence-corrected chi connectivity index (χ0v) is 12.1. The van der Waals surface area contributed by atoms with Crippen LogP contribution in [0, 0.1) is 6.92 Å². The standard InChI is InChI=1S/C12H17N3O3S/c1-8-10(11(17)18-3)13-12(19-8)15-6-4-5-14(2)9(16)7-15/h4-7H2,1-3H3. The van der Waals surface area contributed by atoms with Gasteiger partial charge in [0.1, 0.15) is 0 Å². The van der Waals surface area contributed by atoms with Crippen LogP contribution in [0.4, 0.5) is 5.13 Å². The summed E-state index contributed by atoms with van der Waals surface area (Å²) in [6, 6.07) is 0. The maximum absolute atomic E-state index is 11.8. The first-order chi connectivity index (χ1) is 9.02. The molecule has 0 radical (unpaired) electrons. The van der Waals surface area contributed by atoms with Crippen molar-refractivity contribution in [3.8, 4) is 0 Å². The molecule has 0 aromatic carbocycles. The maximum Gasteiger partial charge on any atom is 0.357 e. The number of hydrogen-bond acceptors (Lipinski definition) is 6. The van der Waals surface area contributed by atoms with Crippen LogP contribution in [0.2, 0.25) is 0 Å². The van der Waals surface area contributed by atoms with Crippen molar-refractivity contribution in [3.63, 3.8) is 0 Å². The number of methoxy groups -OCH3 is 1. The summed E-state index contributed by atoms with van der Waals surface area (Å²) in [7, 11) is 3.14. The normalized spacial score (nSPS) is 16.5. The molecule has 1 amide bonds. The number of esters is 1. The number of hydrogen-bond donors (Lipinski definition) is 0. The van der Waals surface area contributed by atoms with Gasteiger partial charge >= 0.3 is 5.97 Å². The summed E-state index contributed by atoms with van der Waals surface area (Å²) >= 11 is 1.42. The number of amides is 1. The van der Waals surface area contributed by atoms with E-state index in [9.17, 15) is 9.59 Å². The molecule has 1 aliphatic rings. The minimum atomic E-state index is -0.432. The number of ether oxygens (including phenoxy) is 1. The van der Waals surface area contributed by atoms with Gasteiger partial charge in [-0.15, -0.1) is 11.3 Å². The molecule has 0 aliphatic carbocycles. The van der Waals surface area contributed by atoms with Gasteiger partial charge in [0.25, 0.3) is 0 Å².